The quantitative estimate of drug-likeness (QED) is 0.497. The van der Waals surface area contributed by atoms with Crippen LogP contribution in [-0.2, 0) is 13.1 Å². The van der Waals surface area contributed by atoms with Crippen molar-refractivity contribution in [1.29, 1.82) is 0 Å². The summed E-state index contributed by atoms with van der Waals surface area (Å²) in [5.74, 6) is 0.472. The first kappa shape index (κ1) is 18.4. The summed E-state index contributed by atoms with van der Waals surface area (Å²) in [4.78, 5) is 11.5. The second-order valence-corrected chi connectivity index (χ2v) is 8.33. The number of β-amino-alcohol motifs (C(OH)–C–C–N with tert-alkyl or cyclic N) is 1. The molecule has 3 heterocycles. The van der Waals surface area contributed by atoms with Gasteiger partial charge in [0.05, 0.1) is 23.7 Å². The molecule has 7 heteroatoms. The number of nitrogens with zero attached hydrogens (tertiary/aromatic N) is 4. The maximum absolute atomic E-state index is 9.45. The van der Waals surface area contributed by atoms with Gasteiger partial charge in [-0.25, -0.2) is 9.97 Å². The van der Waals surface area contributed by atoms with Crippen molar-refractivity contribution in [3.8, 4) is 0 Å². The molecule has 148 valence electrons. The van der Waals surface area contributed by atoms with Crippen molar-refractivity contribution in [1.82, 2.24) is 19.4 Å². The van der Waals surface area contributed by atoms with Crippen LogP contribution in [0, 0.1) is 0 Å². The van der Waals surface area contributed by atoms with Gasteiger partial charge in [0.25, 0.3) is 0 Å². The molecule has 2 aromatic carbocycles. The van der Waals surface area contributed by atoms with Crippen LogP contribution in [0.4, 0.5) is 5.82 Å². The Balaban J connectivity index is 1.51. The maximum Gasteiger partial charge on any atom is 0.169 e. The van der Waals surface area contributed by atoms with Gasteiger partial charge in [0.2, 0.25) is 0 Å². The molecule has 4 aromatic rings. The summed E-state index contributed by atoms with van der Waals surface area (Å²) >= 11 is 1.62. The Hall–Kier alpha value is -2.61. The topological polar surface area (TPSA) is 80.2 Å². The van der Waals surface area contributed by atoms with Gasteiger partial charge in [0, 0.05) is 25.0 Å². The monoisotopic (exact) mass is 405 g/mol. The van der Waals surface area contributed by atoms with Crippen LogP contribution in [0.5, 0.6) is 0 Å². The van der Waals surface area contributed by atoms with Crippen molar-refractivity contribution in [3.05, 3.63) is 59.7 Å². The molecule has 0 radical (unpaired) electrons. The number of pyridine rings is 1. The minimum absolute atomic E-state index is 0.162. The largest absolute Gasteiger partial charge is 0.390 e. The fourth-order valence-electron chi connectivity index (χ4n) is 4.00. The van der Waals surface area contributed by atoms with Crippen LogP contribution < -0.4 is 5.73 Å². The molecule has 0 atom stereocenters. The lowest BCUT2D eigenvalue weighted by atomic mass is 10.1. The SMILES string of the molecule is CSc1nc2c(N)nc3ccccc3c2n1Cc1ccc(CN2CC(O)C2)cc1. The normalized spacial score (nSPS) is 15.2. The van der Waals surface area contributed by atoms with E-state index in [1.807, 2.05) is 24.5 Å². The summed E-state index contributed by atoms with van der Waals surface area (Å²) in [5, 5.41) is 11.5. The molecule has 2 aromatic heterocycles. The van der Waals surface area contributed by atoms with Crippen molar-refractivity contribution in [2.75, 3.05) is 25.1 Å². The first-order valence-electron chi connectivity index (χ1n) is 9.69. The fourth-order valence-corrected chi connectivity index (χ4v) is 4.56. The third-order valence-corrected chi connectivity index (χ3v) is 6.14. The van der Waals surface area contributed by atoms with Crippen LogP contribution in [0.25, 0.3) is 21.9 Å². The summed E-state index contributed by atoms with van der Waals surface area (Å²) < 4.78 is 2.24. The molecule has 29 heavy (non-hydrogen) atoms. The highest BCUT2D eigenvalue weighted by Crippen LogP contribution is 2.32. The average Bonchev–Trinajstić information content (AvgIpc) is 3.08. The van der Waals surface area contributed by atoms with Crippen molar-refractivity contribution >= 4 is 39.5 Å². The Bertz CT molecular complexity index is 1180. The molecule has 0 spiro atoms. The van der Waals surface area contributed by atoms with E-state index in [1.54, 1.807) is 11.8 Å². The van der Waals surface area contributed by atoms with E-state index in [2.05, 4.69) is 44.8 Å². The van der Waals surface area contributed by atoms with Crippen molar-refractivity contribution < 1.29 is 5.11 Å². The lowest BCUT2D eigenvalue weighted by molar-refractivity contribution is -0.00286. The molecule has 0 saturated carbocycles. The second kappa shape index (κ2) is 7.33. The van der Waals surface area contributed by atoms with Gasteiger partial charge in [0.1, 0.15) is 5.52 Å². The predicted octanol–water partition coefficient (Wildman–Crippen LogP) is 3.11. The number of rotatable bonds is 5. The highest BCUT2D eigenvalue weighted by molar-refractivity contribution is 7.98. The molecule has 3 N–H and O–H groups in total. The smallest absolute Gasteiger partial charge is 0.169 e. The van der Waals surface area contributed by atoms with E-state index >= 15 is 0 Å². The van der Waals surface area contributed by atoms with Crippen LogP contribution in [0.2, 0.25) is 0 Å². The summed E-state index contributed by atoms with van der Waals surface area (Å²) in [5.41, 5.74) is 11.4. The van der Waals surface area contributed by atoms with Gasteiger partial charge in [0.15, 0.2) is 11.0 Å². The van der Waals surface area contributed by atoms with Gasteiger partial charge < -0.3 is 15.4 Å². The molecule has 0 unspecified atom stereocenters. The van der Waals surface area contributed by atoms with Gasteiger partial charge >= 0.3 is 0 Å². The van der Waals surface area contributed by atoms with Crippen molar-refractivity contribution in [2.24, 2.45) is 0 Å². The molecule has 0 amide bonds. The lowest BCUT2D eigenvalue weighted by Crippen LogP contribution is -2.49. The average molecular weight is 406 g/mol. The molecule has 1 aliphatic heterocycles. The molecule has 0 bridgehead atoms. The van der Waals surface area contributed by atoms with E-state index in [4.69, 9.17) is 10.7 Å². The van der Waals surface area contributed by atoms with Crippen molar-refractivity contribution in [3.63, 3.8) is 0 Å². The van der Waals surface area contributed by atoms with Gasteiger partial charge in [-0.15, -0.1) is 0 Å². The zero-order chi connectivity index (χ0) is 20.0. The molecule has 1 saturated heterocycles. The molecular weight excluding hydrogens is 382 g/mol. The van der Waals surface area contributed by atoms with Crippen LogP contribution in [0.1, 0.15) is 11.1 Å². The molecule has 1 fully saturated rings. The summed E-state index contributed by atoms with van der Waals surface area (Å²) in [6, 6.07) is 16.8. The van der Waals surface area contributed by atoms with E-state index in [0.717, 1.165) is 53.3 Å². The number of nitrogen functional groups attached to an aromatic ring is 1. The first-order chi connectivity index (χ1) is 14.1. The predicted molar refractivity (Wildman–Crippen MR) is 118 cm³/mol. The number of nitrogens with two attached hydrogens (primary N) is 1. The Morgan fingerprint density at radius 1 is 1.03 bits per heavy atom. The molecule has 0 aliphatic carbocycles. The van der Waals surface area contributed by atoms with E-state index in [-0.39, 0.29) is 6.10 Å². The number of aromatic nitrogens is 3. The van der Waals surface area contributed by atoms with Crippen LogP contribution in [0.3, 0.4) is 0 Å². The Morgan fingerprint density at radius 3 is 2.41 bits per heavy atom. The number of hydrogen-bond acceptors (Lipinski definition) is 6. The number of aliphatic hydroxyl groups excluding tert-OH is 1. The first-order valence-corrected chi connectivity index (χ1v) is 10.9. The number of fused-ring (bicyclic) bond motifs is 3. The summed E-state index contributed by atoms with van der Waals surface area (Å²) in [7, 11) is 0. The van der Waals surface area contributed by atoms with E-state index in [9.17, 15) is 5.11 Å². The highest BCUT2D eigenvalue weighted by atomic mass is 32.2. The fraction of sp³-hybridized carbons (Fsp3) is 0.273. The van der Waals surface area contributed by atoms with Gasteiger partial charge in [-0.3, -0.25) is 4.90 Å². The highest BCUT2D eigenvalue weighted by Gasteiger charge is 2.23. The van der Waals surface area contributed by atoms with E-state index in [0.29, 0.717) is 5.82 Å². The second-order valence-electron chi connectivity index (χ2n) is 7.56. The number of likely N-dealkylation sites (tertiary alicyclic amines) is 1. The number of para-hydroxylation sites is 1. The lowest BCUT2D eigenvalue weighted by Gasteiger charge is -2.35. The summed E-state index contributed by atoms with van der Waals surface area (Å²) in [6.45, 7) is 3.14. The third kappa shape index (κ3) is 3.35. The molecular formula is C22H23N5OS. The number of thioether (sulfide) groups is 1. The zero-order valence-electron chi connectivity index (χ0n) is 16.2. The third-order valence-electron chi connectivity index (χ3n) is 5.47. The molecule has 6 nitrogen and oxygen atoms in total. The van der Waals surface area contributed by atoms with Crippen LogP contribution in [0.15, 0.2) is 53.7 Å². The number of anilines is 1. The van der Waals surface area contributed by atoms with Gasteiger partial charge in [-0.2, -0.15) is 0 Å². The zero-order valence-corrected chi connectivity index (χ0v) is 17.1. The van der Waals surface area contributed by atoms with Crippen LogP contribution >= 0.6 is 11.8 Å². The van der Waals surface area contributed by atoms with E-state index in [1.165, 1.54) is 11.1 Å². The number of benzene rings is 2. The Kier molecular flexibility index (Phi) is 4.66. The molecule has 1 aliphatic rings. The van der Waals surface area contributed by atoms with E-state index < -0.39 is 0 Å². The van der Waals surface area contributed by atoms with Gasteiger partial charge in [-0.1, -0.05) is 54.2 Å². The van der Waals surface area contributed by atoms with Crippen LogP contribution in [-0.4, -0.2) is 50.0 Å². The number of hydrogen-bond donors (Lipinski definition) is 2. The Morgan fingerprint density at radius 2 is 1.72 bits per heavy atom. The van der Waals surface area contributed by atoms with Gasteiger partial charge in [-0.05, 0) is 23.4 Å². The minimum atomic E-state index is -0.162. The maximum atomic E-state index is 9.45. The standard InChI is InChI=1S/C22H23N5OS/c1-29-22-25-19-20(17-4-2-3-5-18(17)24-21(19)23)27(22)11-15-8-6-14(7-9-15)10-26-12-16(28)13-26/h2-9,16,28H,10-13H2,1H3,(H2,23,24). The van der Waals surface area contributed by atoms with Crippen molar-refractivity contribution in [2.45, 2.75) is 24.3 Å². The number of aliphatic hydroxyl groups is 1. The molecule has 5 rings (SSSR count). The Labute approximate surface area is 173 Å². The summed E-state index contributed by atoms with van der Waals surface area (Å²) in [6.07, 6.45) is 1.87. The number of imidazole rings is 1. The minimum Gasteiger partial charge on any atom is -0.390 e.